The summed E-state index contributed by atoms with van der Waals surface area (Å²) in [5.74, 6) is 0.642. The van der Waals surface area contributed by atoms with Crippen LogP contribution in [0.4, 0.5) is 5.82 Å². The lowest BCUT2D eigenvalue weighted by Crippen LogP contribution is -2.48. The van der Waals surface area contributed by atoms with Crippen LogP contribution < -0.4 is 10.6 Å². The predicted octanol–water partition coefficient (Wildman–Crippen LogP) is 3.97. The molecule has 6 nitrogen and oxygen atoms in total. The van der Waals surface area contributed by atoms with Gasteiger partial charge in [0.05, 0.1) is 11.6 Å². The largest absolute Gasteiger partial charge is 0.360 e. The van der Waals surface area contributed by atoms with Gasteiger partial charge in [-0.05, 0) is 37.7 Å². The van der Waals surface area contributed by atoms with Crippen LogP contribution in [0, 0.1) is 6.92 Å². The van der Waals surface area contributed by atoms with Crippen molar-refractivity contribution in [2.24, 2.45) is 0 Å². The topological polar surface area (TPSA) is 70.4 Å². The average Bonchev–Trinajstić information content (AvgIpc) is 3.03. The maximum atomic E-state index is 13.1. The number of halogens is 1. The molecule has 0 fully saturated rings. The Morgan fingerprint density at radius 3 is 2.85 bits per heavy atom. The summed E-state index contributed by atoms with van der Waals surface area (Å²) in [5.41, 5.74) is 1.99. The molecule has 3 rings (SSSR count). The second kappa shape index (κ2) is 7.94. The van der Waals surface area contributed by atoms with Crippen molar-refractivity contribution in [3.05, 3.63) is 70.6 Å². The summed E-state index contributed by atoms with van der Waals surface area (Å²) in [6, 6.07) is 8.52. The van der Waals surface area contributed by atoms with Gasteiger partial charge in [0.1, 0.15) is 5.76 Å². The molecule has 1 aromatic carbocycles. The molecular formula is C19H19ClN4O2S. The second-order valence-electron chi connectivity index (χ2n) is 6.08. The predicted molar refractivity (Wildman–Crippen MR) is 109 cm³/mol. The molecule has 1 aliphatic rings. The van der Waals surface area contributed by atoms with Crippen LogP contribution in [0.3, 0.4) is 0 Å². The number of aryl methyl sites for hydroxylation is 1. The van der Waals surface area contributed by atoms with E-state index >= 15 is 0 Å². The fourth-order valence-corrected chi connectivity index (χ4v) is 3.55. The quantitative estimate of drug-likeness (QED) is 0.582. The Labute approximate surface area is 167 Å². The zero-order chi connectivity index (χ0) is 19.6. The third-order valence-corrected chi connectivity index (χ3v) is 4.92. The molecule has 0 saturated carbocycles. The number of anilines is 1. The van der Waals surface area contributed by atoms with E-state index in [0.717, 1.165) is 11.3 Å². The van der Waals surface area contributed by atoms with Gasteiger partial charge in [0.15, 0.2) is 10.9 Å². The minimum Gasteiger partial charge on any atom is -0.360 e. The number of nitrogens with one attached hydrogen (secondary N) is 2. The maximum absolute atomic E-state index is 13.1. The van der Waals surface area contributed by atoms with Crippen molar-refractivity contribution in [1.82, 2.24) is 15.4 Å². The van der Waals surface area contributed by atoms with Crippen LogP contribution in [0.5, 0.6) is 0 Å². The van der Waals surface area contributed by atoms with E-state index in [2.05, 4.69) is 22.4 Å². The minimum atomic E-state index is -0.486. The van der Waals surface area contributed by atoms with Gasteiger partial charge in [-0.3, -0.25) is 4.79 Å². The Kier molecular flexibility index (Phi) is 5.62. The van der Waals surface area contributed by atoms with Gasteiger partial charge in [0.2, 0.25) is 0 Å². The Bertz CT molecular complexity index is 937. The van der Waals surface area contributed by atoms with E-state index in [4.69, 9.17) is 28.3 Å². The smallest absolute Gasteiger partial charge is 0.257 e. The second-order valence-corrected chi connectivity index (χ2v) is 6.87. The van der Waals surface area contributed by atoms with Gasteiger partial charge in [-0.2, -0.15) is 0 Å². The van der Waals surface area contributed by atoms with Gasteiger partial charge in [0.25, 0.3) is 5.91 Å². The molecule has 0 saturated heterocycles. The van der Waals surface area contributed by atoms with Crippen LogP contribution in [-0.2, 0) is 4.79 Å². The summed E-state index contributed by atoms with van der Waals surface area (Å²) in [6.07, 6.45) is 1.73. The molecule has 0 bridgehead atoms. The lowest BCUT2D eigenvalue weighted by Gasteiger charge is -2.37. The maximum Gasteiger partial charge on any atom is 0.257 e. The number of amides is 1. The van der Waals surface area contributed by atoms with Gasteiger partial charge in [0, 0.05) is 23.3 Å². The SMILES string of the molecule is C=CCN1C(=S)N[C@H](c2ccccc2Cl)C(C(=O)Nc2cc(C)on2)=C1C. The standard InChI is InChI=1S/C19H19ClN4O2S/c1-4-9-24-12(3)16(18(25)21-15-10-11(2)26-23-15)17(22-19(24)27)13-7-5-6-8-14(13)20/h4-8,10,17H,1,9H2,2-3H3,(H,22,27)(H,21,23,25)/t17-/m1/s1. The molecule has 0 radical (unpaired) electrons. The molecule has 8 heteroatoms. The molecule has 0 aliphatic carbocycles. The zero-order valence-electron chi connectivity index (χ0n) is 15.0. The van der Waals surface area contributed by atoms with Gasteiger partial charge in [-0.15, -0.1) is 6.58 Å². The number of carbonyl (C=O) groups is 1. The monoisotopic (exact) mass is 402 g/mol. The molecule has 0 unspecified atom stereocenters. The lowest BCUT2D eigenvalue weighted by molar-refractivity contribution is -0.113. The van der Waals surface area contributed by atoms with Crippen molar-refractivity contribution in [3.8, 4) is 0 Å². The van der Waals surface area contributed by atoms with E-state index in [1.807, 2.05) is 30.0 Å². The third kappa shape index (κ3) is 3.89. The molecule has 0 spiro atoms. The first-order chi connectivity index (χ1) is 12.9. The highest BCUT2D eigenvalue weighted by Gasteiger charge is 2.34. The van der Waals surface area contributed by atoms with Crippen molar-refractivity contribution in [2.75, 3.05) is 11.9 Å². The number of allylic oxidation sites excluding steroid dienone is 1. The highest BCUT2D eigenvalue weighted by atomic mass is 35.5. The normalized spacial score (nSPS) is 16.9. The summed E-state index contributed by atoms with van der Waals surface area (Å²) in [4.78, 5) is 14.9. The van der Waals surface area contributed by atoms with Crippen LogP contribution >= 0.6 is 23.8 Å². The van der Waals surface area contributed by atoms with Crippen molar-refractivity contribution < 1.29 is 9.32 Å². The van der Waals surface area contributed by atoms with E-state index in [-0.39, 0.29) is 5.91 Å². The third-order valence-electron chi connectivity index (χ3n) is 4.24. The lowest BCUT2D eigenvalue weighted by atomic mass is 9.94. The molecule has 27 heavy (non-hydrogen) atoms. The summed E-state index contributed by atoms with van der Waals surface area (Å²) < 4.78 is 5.02. The summed E-state index contributed by atoms with van der Waals surface area (Å²) in [6.45, 7) is 7.85. The molecule has 1 aromatic heterocycles. The number of benzene rings is 1. The van der Waals surface area contributed by atoms with Crippen molar-refractivity contribution in [2.45, 2.75) is 19.9 Å². The van der Waals surface area contributed by atoms with Crippen molar-refractivity contribution in [1.29, 1.82) is 0 Å². The minimum absolute atomic E-state index is 0.310. The number of hydrogen-bond acceptors (Lipinski definition) is 4. The van der Waals surface area contributed by atoms with Gasteiger partial charge in [-0.25, -0.2) is 0 Å². The van der Waals surface area contributed by atoms with Crippen LogP contribution in [-0.4, -0.2) is 27.6 Å². The van der Waals surface area contributed by atoms with Gasteiger partial charge in [-0.1, -0.05) is 41.0 Å². The number of thiocarbonyl (C=S) groups is 1. The van der Waals surface area contributed by atoms with E-state index in [1.165, 1.54) is 0 Å². The molecule has 140 valence electrons. The number of carbonyl (C=O) groups excluding carboxylic acids is 1. The summed E-state index contributed by atoms with van der Waals surface area (Å²) in [7, 11) is 0. The Morgan fingerprint density at radius 2 is 2.22 bits per heavy atom. The van der Waals surface area contributed by atoms with E-state index in [0.29, 0.717) is 33.8 Å². The Balaban J connectivity index is 2.06. The number of rotatable bonds is 5. The Hall–Kier alpha value is -2.64. The fourth-order valence-electron chi connectivity index (χ4n) is 2.98. The highest BCUT2D eigenvalue weighted by molar-refractivity contribution is 7.80. The Morgan fingerprint density at radius 1 is 1.48 bits per heavy atom. The van der Waals surface area contributed by atoms with Crippen molar-refractivity contribution >= 4 is 40.7 Å². The summed E-state index contributed by atoms with van der Waals surface area (Å²) >= 11 is 11.9. The molecule has 1 aliphatic heterocycles. The fraction of sp³-hybridized carbons (Fsp3) is 0.211. The first kappa shape index (κ1) is 19.1. The number of aromatic nitrogens is 1. The highest BCUT2D eigenvalue weighted by Crippen LogP contribution is 2.34. The van der Waals surface area contributed by atoms with Gasteiger partial charge < -0.3 is 20.1 Å². The molecule has 2 heterocycles. The van der Waals surface area contributed by atoms with Crippen LogP contribution in [0.1, 0.15) is 24.3 Å². The van der Waals surface area contributed by atoms with E-state index in [9.17, 15) is 4.79 Å². The zero-order valence-corrected chi connectivity index (χ0v) is 16.5. The summed E-state index contributed by atoms with van der Waals surface area (Å²) in [5, 5.41) is 10.9. The number of nitrogens with zero attached hydrogens (tertiary/aromatic N) is 2. The molecule has 1 atom stereocenters. The van der Waals surface area contributed by atoms with Crippen LogP contribution in [0.15, 0.2) is 58.8 Å². The van der Waals surface area contributed by atoms with Crippen LogP contribution in [0.2, 0.25) is 5.02 Å². The van der Waals surface area contributed by atoms with Gasteiger partial charge >= 0.3 is 0 Å². The first-order valence-corrected chi connectivity index (χ1v) is 9.09. The van der Waals surface area contributed by atoms with E-state index in [1.54, 1.807) is 25.1 Å². The average molecular weight is 403 g/mol. The first-order valence-electron chi connectivity index (χ1n) is 8.31. The molecule has 2 aromatic rings. The van der Waals surface area contributed by atoms with E-state index < -0.39 is 6.04 Å². The molecule has 2 N–H and O–H groups in total. The van der Waals surface area contributed by atoms with Crippen LogP contribution in [0.25, 0.3) is 0 Å². The number of hydrogen-bond donors (Lipinski definition) is 2. The molecular weight excluding hydrogens is 384 g/mol. The van der Waals surface area contributed by atoms with Crippen molar-refractivity contribution in [3.63, 3.8) is 0 Å². The molecule has 1 amide bonds.